The maximum Gasteiger partial charge on any atom is 0.229 e. The first kappa shape index (κ1) is 24.2. The molecular formula is C26H26ClFN6O2. The SMILES string of the molecule is COC1(N(C)C)CC(Oc2ccc(Nc3ncc(F)c(Nc4cnc5ccc(Cl)cc5c4)n3)cc2)C1. The molecule has 0 aliphatic heterocycles. The summed E-state index contributed by atoms with van der Waals surface area (Å²) in [7, 11) is 5.74. The number of ether oxygens (including phenoxy) is 2. The normalized spacial score (nSPS) is 19.2. The molecule has 1 aliphatic carbocycles. The van der Waals surface area contributed by atoms with E-state index >= 15 is 0 Å². The number of benzene rings is 2. The maximum atomic E-state index is 14.4. The van der Waals surface area contributed by atoms with Gasteiger partial charge in [-0.15, -0.1) is 0 Å². The molecule has 0 amide bonds. The minimum atomic E-state index is -0.583. The van der Waals surface area contributed by atoms with Gasteiger partial charge < -0.3 is 20.1 Å². The van der Waals surface area contributed by atoms with E-state index in [1.165, 1.54) is 0 Å². The van der Waals surface area contributed by atoms with Gasteiger partial charge >= 0.3 is 0 Å². The fourth-order valence-corrected chi connectivity index (χ4v) is 4.39. The monoisotopic (exact) mass is 508 g/mol. The Balaban J connectivity index is 1.24. The molecule has 1 saturated carbocycles. The van der Waals surface area contributed by atoms with Crippen LogP contribution in [0.1, 0.15) is 12.8 Å². The van der Waals surface area contributed by atoms with E-state index in [1.54, 1.807) is 25.4 Å². The summed E-state index contributed by atoms with van der Waals surface area (Å²) >= 11 is 6.08. The third-order valence-corrected chi connectivity index (χ3v) is 6.59. The number of hydrogen-bond donors (Lipinski definition) is 2. The summed E-state index contributed by atoms with van der Waals surface area (Å²) < 4.78 is 26.1. The van der Waals surface area contributed by atoms with E-state index in [9.17, 15) is 4.39 Å². The number of hydrogen-bond acceptors (Lipinski definition) is 8. The predicted molar refractivity (Wildman–Crippen MR) is 139 cm³/mol. The summed E-state index contributed by atoms with van der Waals surface area (Å²) in [6.45, 7) is 0. The van der Waals surface area contributed by atoms with Crippen molar-refractivity contribution >= 4 is 45.6 Å². The number of methoxy groups -OCH3 is 1. The lowest BCUT2D eigenvalue weighted by Crippen LogP contribution is -2.59. The lowest BCUT2D eigenvalue weighted by atomic mass is 9.83. The van der Waals surface area contributed by atoms with Crippen LogP contribution in [-0.2, 0) is 4.74 Å². The van der Waals surface area contributed by atoms with Crippen molar-refractivity contribution in [2.75, 3.05) is 31.8 Å². The molecule has 0 radical (unpaired) electrons. The largest absolute Gasteiger partial charge is 0.490 e. The van der Waals surface area contributed by atoms with Crippen molar-refractivity contribution in [3.8, 4) is 5.75 Å². The second-order valence-electron chi connectivity index (χ2n) is 8.92. The van der Waals surface area contributed by atoms with Gasteiger partial charge in [0.25, 0.3) is 0 Å². The molecule has 1 fully saturated rings. The van der Waals surface area contributed by atoms with Gasteiger partial charge in [-0.05, 0) is 62.6 Å². The van der Waals surface area contributed by atoms with Crippen LogP contribution < -0.4 is 15.4 Å². The Kier molecular flexibility index (Phi) is 6.61. The van der Waals surface area contributed by atoms with Crippen LogP contribution in [-0.4, -0.2) is 52.9 Å². The average Bonchev–Trinajstić information content (AvgIpc) is 2.84. The third-order valence-electron chi connectivity index (χ3n) is 6.35. The van der Waals surface area contributed by atoms with Crippen molar-refractivity contribution in [3.63, 3.8) is 0 Å². The third kappa shape index (κ3) is 5.04. The van der Waals surface area contributed by atoms with Gasteiger partial charge in [-0.25, -0.2) is 9.37 Å². The Hall–Kier alpha value is -3.53. The molecule has 0 unspecified atom stereocenters. The van der Waals surface area contributed by atoms with Crippen LogP contribution in [0.4, 0.5) is 27.5 Å². The standard InChI is InChI=1S/C26H26ClFN6O2/c1-34(2)26(35-3)12-21(13-26)36-20-7-5-18(6-8-20)32-25-30-15-22(28)24(33-25)31-19-11-16-10-17(27)4-9-23(16)29-14-19/h4-11,14-15,21H,12-13H2,1-3H3,(H2,30,31,32,33). The van der Waals surface area contributed by atoms with Gasteiger partial charge in [0.05, 0.1) is 23.6 Å². The van der Waals surface area contributed by atoms with Crippen LogP contribution in [0.3, 0.4) is 0 Å². The topological polar surface area (TPSA) is 84.4 Å². The fraction of sp³-hybridized carbons (Fsp3) is 0.269. The molecular weight excluding hydrogens is 483 g/mol. The van der Waals surface area contributed by atoms with E-state index in [4.69, 9.17) is 21.1 Å². The molecule has 8 nitrogen and oxygen atoms in total. The van der Waals surface area contributed by atoms with Crippen molar-refractivity contribution in [1.82, 2.24) is 19.9 Å². The highest BCUT2D eigenvalue weighted by molar-refractivity contribution is 6.31. The molecule has 0 bridgehead atoms. The number of pyridine rings is 1. The molecule has 10 heteroatoms. The van der Waals surface area contributed by atoms with Crippen LogP contribution in [0.5, 0.6) is 5.75 Å². The van der Waals surface area contributed by atoms with Crippen LogP contribution in [0.15, 0.2) is 60.9 Å². The highest BCUT2D eigenvalue weighted by Gasteiger charge is 2.48. The Morgan fingerprint density at radius 1 is 1.00 bits per heavy atom. The molecule has 5 rings (SSSR count). The van der Waals surface area contributed by atoms with Crippen LogP contribution in [0.25, 0.3) is 10.9 Å². The quantitative estimate of drug-likeness (QED) is 0.291. The molecule has 1 aliphatic rings. The number of nitrogens with one attached hydrogen (secondary N) is 2. The summed E-state index contributed by atoms with van der Waals surface area (Å²) in [4.78, 5) is 14.8. The highest BCUT2D eigenvalue weighted by atomic mass is 35.5. The van der Waals surface area contributed by atoms with Crippen molar-refractivity contribution in [2.24, 2.45) is 0 Å². The van der Waals surface area contributed by atoms with Gasteiger partial charge in [-0.3, -0.25) is 9.88 Å². The van der Waals surface area contributed by atoms with Crippen molar-refractivity contribution < 1.29 is 13.9 Å². The van der Waals surface area contributed by atoms with Gasteiger partial charge in [0.1, 0.15) is 17.6 Å². The van der Waals surface area contributed by atoms with Crippen molar-refractivity contribution in [1.29, 1.82) is 0 Å². The predicted octanol–water partition coefficient (Wildman–Crippen LogP) is 5.75. The molecule has 186 valence electrons. The molecule has 4 aromatic rings. The van der Waals surface area contributed by atoms with E-state index in [1.807, 2.05) is 50.5 Å². The second kappa shape index (κ2) is 9.85. The lowest BCUT2D eigenvalue weighted by molar-refractivity contribution is -0.204. The lowest BCUT2D eigenvalue weighted by Gasteiger charge is -2.50. The first-order valence-electron chi connectivity index (χ1n) is 11.4. The van der Waals surface area contributed by atoms with Crippen LogP contribution in [0, 0.1) is 5.82 Å². The van der Waals surface area contributed by atoms with Crippen molar-refractivity contribution in [2.45, 2.75) is 24.7 Å². The summed E-state index contributed by atoms with van der Waals surface area (Å²) in [5.74, 6) is 0.462. The molecule has 2 heterocycles. The summed E-state index contributed by atoms with van der Waals surface area (Å²) in [5, 5.41) is 7.49. The zero-order chi connectivity index (χ0) is 25.3. The summed E-state index contributed by atoms with van der Waals surface area (Å²) in [6, 6.07) is 14.7. The van der Waals surface area contributed by atoms with E-state index in [0.29, 0.717) is 10.7 Å². The smallest absolute Gasteiger partial charge is 0.229 e. The summed E-state index contributed by atoms with van der Waals surface area (Å²) in [5.41, 5.74) is 1.86. The van der Waals surface area contributed by atoms with Gasteiger partial charge in [0.2, 0.25) is 5.95 Å². The van der Waals surface area contributed by atoms with E-state index in [2.05, 4.69) is 30.5 Å². The molecule has 2 N–H and O–H groups in total. The maximum absolute atomic E-state index is 14.4. The van der Waals surface area contributed by atoms with E-state index in [0.717, 1.165) is 41.4 Å². The minimum Gasteiger partial charge on any atom is -0.490 e. The first-order chi connectivity index (χ1) is 17.3. The average molecular weight is 509 g/mol. The number of anilines is 4. The van der Waals surface area contributed by atoms with Crippen LogP contribution >= 0.6 is 11.6 Å². The number of halogens is 2. The Bertz CT molecular complexity index is 1380. The fourth-order valence-electron chi connectivity index (χ4n) is 4.21. The van der Waals surface area contributed by atoms with Gasteiger partial charge in [-0.1, -0.05) is 11.6 Å². The number of rotatable bonds is 8. The number of aromatic nitrogens is 3. The molecule has 2 aromatic heterocycles. The van der Waals surface area contributed by atoms with E-state index < -0.39 is 5.82 Å². The number of nitrogens with zero attached hydrogens (tertiary/aromatic N) is 4. The van der Waals surface area contributed by atoms with Gasteiger partial charge in [0, 0.05) is 36.0 Å². The highest BCUT2D eigenvalue weighted by Crippen LogP contribution is 2.39. The number of fused-ring (bicyclic) bond motifs is 1. The van der Waals surface area contributed by atoms with Crippen LogP contribution in [0.2, 0.25) is 5.02 Å². The van der Waals surface area contributed by atoms with E-state index in [-0.39, 0.29) is 23.6 Å². The Morgan fingerprint density at radius 2 is 1.78 bits per heavy atom. The Morgan fingerprint density at radius 3 is 2.50 bits per heavy atom. The molecule has 2 aromatic carbocycles. The Labute approximate surface area is 213 Å². The zero-order valence-corrected chi connectivity index (χ0v) is 20.9. The molecule has 0 atom stereocenters. The van der Waals surface area contributed by atoms with Crippen molar-refractivity contribution in [3.05, 3.63) is 71.8 Å². The first-order valence-corrected chi connectivity index (χ1v) is 11.8. The molecule has 36 heavy (non-hydrogen) atoms. The molecule has 0 spiro atoms. The zero-order valence-electron chi connectivity index (χ0n) is 20.1. The molecule has 0 saturated heterocycles. The van der Waals surface area contributed by atoms with Gasteiger partial charge in [0.15, 0.2) is 11.6 Å². The minimum absolute atomic E-state index is 0.0307. The summed E-state index contributed by atoms with van der Waals surface area (Å²) in [6.07, 6.45) is 4.43. The van der Waals surface area contributed by atoms with Gasteiger partial charge in [-0.2, -0.15) is 4.98 Å². The second-order valence-corrected chi connectivity index (χ2v) is 9.35.